The van der Waals surface area contributed by atoms with Crippen LogP contribution in [0.25, 0.3) is 0 Å². The van der Waals surface area contributed by atoms with E-state index < -0.39 is 27.5 Å². The largest absolute Gasteiger partial charge is 0.502 e. The number of nitrogens with zero attached hydrogens (tertiary/aromatic N) is 1. The van der Waals surface area contributed by atoms with E-state index in [2.05, 4.69) is 0 Å². The molecule has 3 aromatic carbocycles. The third kappa shape index (κ3) is 3.70. The fourth-order valence-corrected chi connectivity index (χ4v) is 5.97. The number of carbonyl (C=O) groups excluding carboxylic acids is 1. The molecule has 1 amide bonds. The fraction of sp³-hybridized carbons (Fsp3) is 0.192. The van der Waals surface area contributed by atoms with Gasteiger partial charge < -0.3 is 19.5 Å². The van der Waals surface area contributed by atoms with Crippen molar-refractivity contribution in [1.82, 2.24) is 4.90 Å². The maximum atomic E-state index is 13.6. The SMILES string of the molecule is CCc1ccc(C2C(S(=O)(=O)c3ccccc3)=C(O)C(=O)N2Cc2ccc3c(c2)OCO3)cc1. The lowest BCUT2D eigenvalue weighted by Gasteiger charge is -2.27. The molecule has 0 saturated carbocycles. The fourth-order valence-electron chi connectivity index (χ4n) is 4.30. The molecule has 7 nitrogen and oxygen atoms in total. The van der Waals surface area contributed by atoms with Crippen LogP contribution < -0.4 is 9.47 Å². The summed E-state index contributed by atoms with van der Waals surface area (Å²) in [4.78, 5) is 14.3. The quantitative estimate of drug-likeness (QED) is 0.569. The molecule has 1 N–H and O–H groups in total. The summed E-state index contributed by atoms with van der Waals surface area (Å²) < 4.78 is 38.0. The molecule has 2 heterocycles. The highest BCUT2D eigenvalue weighted by Gasteiger charge is 2.46. The summed E-state index contributed by atoms with van der Waals surface area (Å²) in [6.07, 6.45) is 0.820. The molecule has 2 aliphatic heterocycles. The van der Waals surface area contributed by atoms with Gasteiger partial charge in [-0.05, 0) is 47.4 Å². The van der Waals surface area contributed by atoms with Crippen molar-refractivity contribution in [2.45, 2.75) is 30.8 Å². The zero-order valence-corrected chi connectivity index (χ0v) is 19.3. The summed E-state index contributed by atoms with van der Waals surface area (Å²) in [6, 6.07) is 19.6. The van der Waals surface area contributed by atoms with Gasteiger partial charge in [0.25, 0.3) is 5.91 Å². The molecule has 34 heavy (non-hydrogen) atoms. The molecule has 0 fully saturated rings. The number of sulfone groups is 1. The van der Waals surface area contributed by atoms with Gasteiger partial charge in [0.05, 0.1) is 10.9 Å². The second kappa shape index (κ2) is 8.53. The van der Waals surface area contributed by atoms with E-state index >= 15 is 0 Å². The number of fused-ring (bicyclic) bond motifs is 1. The van der Waals surface area contributed by atoms with E-state index in [1.165, 1.54) is 17.0 Å². The van der Waals surface area contributed by atoms with Gasteiger partial charge in [0.2, 0.25) is 16.6 Å². The first-order valence-corrected chi connectivity index (χ1v) is 12.4. The van der Waals surface area contributed by atoms with Crippen molar-refractivity contribution in [2.24, 2.45) is 0 Å². The van der Waals surface area contributed by atoms with Crippen LogP contribution in [0.2, 0.25) is 0 Å². The van der Waals surface area contributed by atoms with Crippen molar-refractivity contribution in [3.05, 3.63) is 100 Å². The lowest BCUT2D eigenvalue weighted by Crippen LogP contribution is -2.30. The number of hydrogen-bond acceptors (Lipinski definition) is 6. The van der Waals surface area contributed by atoms with Crippen LogP contribution in [-0.4, -0.2) is 31.1 Å². The Morgan fingerprint density at radius 2 is 1.62 bits per heavy atom. The maximum Gasteiger partial charge on any atom is 0.290 e. The molecule has 8 heteroatoms. The van der Waals surface area contributed by atoms with E-state index in [4.69, 9.17) is 9.47 Å². The Hall–Kier alpha value is -3.78. The minimum absolute atomic E-state index is 0.0180. The highest BCUT2D eigenvalue weighted by molar-refractivity contribution is 7.95. The zero-order valence-electron chi connectivity index (χ0n) is 18.5. The summed E-state index contributed by atoms with van der Waals surface area (Å²) in [5.74, 6) is -0.329. The van der Waals surface area contributed by atoms with Crippen LogP contribution >= 0.6 is 0 Å². The number of rotatable bonds is 6. The van der Waals surface area contributed by atoms with Crippen LogP contribution in [0.15, 0.2) is 88.4 Å². The Morgan fingerprint density at radius 3 is 2.32 bits per heavy atom. The van der Waals surface area contributed by atoms with Gasteiger partial charge in [-0.25, -0.2) is 8.42 Å². The number of benzene rings is 3. The number of ether oxygens (including phenoxy) is 2. The highest BCUT2D eigenvalue weighted by Crippen LogP contribution is 2.44. The normalized spacial score (nSPS) is 17.5. The summed E-state index contributed by atoms with van der Waals surface area (Å²) in [6.45, 7) is 2.22. The van der Waals surface area contributed by atoms with Gasteiger partial charge in [-0.1, -0.05) is 55.5 Å². The molecule has 2 aliphatic rings. The minimum Gasteiger partial charge on any atom is -0.502 e. The topological polar surface area (TPSA) is 93.1 Å². The zero-order chi connectivity index (χ0) is 23.9. The number of aryl methyl sites for hydroxylation is 1. The molecule has 0 aliphatic carbocycles. The summed E-state index contributed by atoms with van der Waals surface area (Å²) in [5.41, 5.74) is 2.40. The van der Waals surface area contributed by atoms with Gasteiger partial charge >= 0.3 is 0 Å². The van der Waals surface area contributed by atoms with E-state index in [9.17, 15) is 18.3 Å². The van der Waals surface area contributed by atoms with Crippen LogP contribution in [0.1, 0.15) is 29.7 Å². The average molecular weight is 478 g/mol. The third-order valence-electron chi connectivity index (χ3n) is 6.09. The number of carbonyl (C=O) groups is 1. The van der Waals surface area contributed by atoms with Crippen molar-refractivity contribution >= 4 is 15.7 Å². The van der Waals surface area contributed by atoms with Gasteiger partial charge in [-0.2, -0.15) is 0 Å². The Kier molecular flexibility index (Phi) is 5.53. The molecule has 0 saturated heterocycles. The summed E-state index contributed by atoms with van der Waals surface area (Å²) in [7, 11) is -4.15. The maximum absolute atomic E-state index is 13.6. The lowest BCUT2D eigenvalue weighted by molar-refractivity contribution is -0.130. The molecule has 0 radical (unpaired) electrons. The minimum atomic E-state index is -4.15. The van der Waals surface area contributed by atoms with Crippen LogP contribution in [-0.2, 0) is 27.6 Å². The van der Waals surface area contributed by atoms with Crippen LogP contribution in [0.3, 0.4) is 0 Å². The number of hydrogen-bond donors (Lipinski definition) is 1. The molecule has 3 aromatic rings. The van der Waals surface area contributed by atoms with Crippen LogP contribution in [0.4, 0.5) is 0 Å². The molecule has 0 spiro atoms. The Labute approximate surface area is 197 Å². The number of aliphatic hydroxyl groups excluding tert-OH is 1. The van der Waals surface area contributed by atoms with Crippen molar-refractivity contribution in [3.63, 3.8) is 0 Å². The van der Waals surface area contributed by atoms with E-state index in [0.717, 1.165) is 17.5 Å². The van der Waals surface area contributed by atoms with Gasteiger partial charge in [0, 0.05) is 6.54 Å². The molecular weight excluding hydrogens is 454 g/mol. The Morgan fingerprint density at radius 1 is 0.941 bits per heavy atom. The molecular formula is C26H23NO6S. The first-order valence-electron chi connectivity index (χ1n) is 10.9. The average Bonchev–Trinajstić information content (AvgIpc) is 3.43. The molecule has 0 bridgehead atoms. The highest BCUT2D eigenvalue weighted by atomic mass is 32.2. The van der Waals surface area contributed by atoms with Crippen molar-refractivity contribution in [3.8, 4) is 11.5 Å². The van der Waals surface area contributed by atoms with Gasteiger partial charge in [-0.15, -0.1) is 0 Å². The predicted molar refractivity (Wildman–Crippen MR) is 125 cm³/mol. The van der Waals surface area contributed by atoms with E-state index in [0.29, 0.717) is 17.1 Å². The second-order valence-corrected chi connectivity index (χ2v) is 10.1. The number of amides is 1. The van der Waals surface area contributed by atoms with E-state index in [1.54, 1.807) is 36.4 Å². The smallest absolute Gasteiger partial charge is 0.290 e. The van der Waals surface area contributed by atoms with Gasteiger partial charge in [0.15, 0.2) is 17.3 Å². The Balaban J connectivity index is 1.60. The summed E-state index contributed by atoms with van der Waals surface area (Å²) >= 11 is 0. The standard InChI is InChI=1S/C26H23NO6S/c1-2-17-8-11-19(12-9-17)23-25(34(30,31)20-6-4-3-5-7-20)24(28)26(29)27(23)15-18-10-13-21-22(14-18)33-16-32-21/h3-14,23,28H,2,15-16H2,1H3. The van der Waals surface area contributed by atoms with Crippen LogP contribution in [0.5, 0.6) is 11.5 Å². The molecule has 1 unspecified atom stereocenters. The number of aliphatic hydroxyl groups is 1. The monoisotopic (exact) mass is 477 g/mol. The third-order valence-corrected chi connectivity index (χ3v) is 7.98. The summed E-state index contributed by atoms with van der Waals surface area (Å²) in [5, 5.41) is 10.9. The first kappa shape index (κ1) is 22.0. The van der Waals surface area contributed by atoms with E-state index in [-0.39, 0.29) is 23.1 Å². The van der Waals surface area contributed by atoms with Crippen molar-refractivity contribution in [2.75, 3.05) is 6.79 Å². The van der Waals surface area contributed by atoms with Crippen molar-refractivity contribution < 1.29 is 27.8 Å². The lowest BCUT2D eigenvalue weighted by atomic mass is 10.0. The Bertz CT molecular complexity index is 1380. The molecule has 0 aromatic heterocycles. The first-order chi connectivity index (χ1) is 16.4. The van der Waals surface area contributed by atoms with E-state index in [1.807, 2.05) is 31.2 Å². The predicted octanol–water partition coefficient (Wildman–Crippen LogP) is 4.30. The van der Waals surface area contributed by atoms with Gasteiger partial charge in [-0.3, -0.25) is 4.79 Å². The second-order valence-electron chi connectivity index (χ2n) is 8.15. The molecule has 1 atom stereocenters. The van der Waals surface area contributed by atoms with Crippen molar-refractivity contribution in [1.29, 1.82) is 0 Å². The van der Waals surface area contributed by atoms with Crippen LogP contribution in [0, 0.1) is 0 Å². The molecule has 174 valence electrons. The van der Waals surface area contributed by atoms with Gasteiger partial charge in [0.1, 0.15) is 4.91 Å². The molecule has 5 rings (SSSR count).